The van der Waals surface area contributed by atoms with Crippen molar-refractivity contribution in [3.8, 4) is 0 Å². The fraction of sp³-hybridized carbons (Fsp3) is 0.375. The number of fused-ring (bicyclic) bond motifs is 3. The van der Waals surface area contributed by atoms with Crippen molar-refractivity contribution >= 4 is 34.5 Å². The Morgan fingerprint density at radius 2 is 1.87 bits per heavy atom. The van der Waals surface area contributed by atoms with Crippen LogP contribution in [0.3, 0.4) is 0 Å². The van der Waals surface area contributed by atoms with Gasteiger partial charge < -0.3 is 5.32 Å². The number of rotatable bonds is 4. The van der Waals surface area contributed by atoms with Gasteiger partial charge in [0.15, 0.2) is 0 Å². The molecule has 1 aliphatic carbocycles. The van der Waals surface area contributed by atoms with E-state index in [4.69, 9.17) is 4.98 Å². The van der Waals surface area contributed by atoms with Crippen LogP contribution in [0.5, 0.6) is 0 Å². The number of carbonyl (C=O) groups excluding carboxylic acids is 2. The lowest BCUT2D eigenvalue weighted by molar-refractivity contribution is -0.125. The lowest BCUT2D eigenvalue weighted by Gasteiger charge is -2.35. The highest BCUT2D eigenvalue weighted by atomic mass is 19.1. The molecule has 31 heavy (non-hydrogen) atoms. The second kappa shape index (κ2) is 7.80. The topological polar surface area (TPSA) is 67.2 Å². The number of anilines is 2. The minimum atomic E-state index is -0.691. The van der Waals surface area contributed by atoms with E-state index in [0.717, 1.165) is 30.3 Å². The van der Waals surface area contributed by atoms with E-state index >= 15 is 0 Å². The van der Waals surface area contributed by atoms with Crippen LogP contribution in [0.15, 0.2) is 48.5 Å². The van der Waals surface area contributed by atoms with Crippen molar-refractivity contribution in [3.63, 3.8) is 0 Å². The second-order valence-corrected chi connectivity index (χ2v) is 8.56. The molecule has 2 heterocycles. The van der Waals surface area contributed by atoms with Gasteiger partial charge in [-0.15, -0.1) is 0 Å². The van der Waals surface area contributed by atoms with Crippen LogP contribution in [0.4, 0.5) is 16.0 Å². The Kier molecular flexibility index (Phi) is 4.96. The first-order chi connectivity index (χ1) is 15.0. The van der Waals surface area contributed by atoms with E-state index in [0.29, 0.717) is 11.9 Å². The van der Waals surface area contributed by atoms with Gasteiger partial charge in [-0.05, 0) is 43.0 Å². The van der Waals surface area contributed by atoms with E-state index in [9.17, 15) is 14.0 Å². The van der Waals surface area contributed by atoms with Gasteiger partial charge in [-0.1, -0.05) is 44.0 Å². The van der Waals surface area contributed by atoms with Crippen LogP contribution in [0.2, 0.25) is 0 Å². The van der Waals surface area contributed by atoms with Crippen molar-refractivity contribution in [3.05, 3.63) is 54.3 Å². The van der Waals surface area contributed by atoms with Crippen LogP contribution in [0, 0.1) is 11.7 Å². The number of benzene rings is 2. The van der Waals surface area contributed by atoms with Crippen molar-refractivity contribution in [2.75, 3.05) is 10.2 Å². The normalized spacial score (nSPS) is 23.2. The second-order valence-electron chi connectivity index (χ2n) is 8.56. The minimum Gasteiger partial charge on any atom is -0.324 e. The monoisotopic (exact) mass is 420 g/mol. The van der Waals surface area contributed by atoms with Crippen molar-refractivity contribution in [2.45, 2.75) is 51.1 Å². The summed E-state index contributed by atoms with van der Waals surface area (Å²) in [7, 11) is 0. The number of para-hydroxylation sites is 3. The number of halogens is 1. The SMILES string of the molecule is C[C@H]1CCCC[C@H]1N1C(=O)[C@@H](CC(=O)Nc2ccccc2F)n2c1nc1ccccc12. The molecule has 6 nitrogen and oxygen atoms in total. The summed E-state index contributed by atoms with van der Waals surface area (Å²) in [5, 5.41) is 2.61. The first kappa shape index (κ1) is 19.7. The zero-order chi connectivity index (χ0) is 21.5. The van der Waals surface area contributed by atoms with Crippen LogP contribution < -0.4 is 10.2 Å². The largest absolute Gasteiger partial charge is 0.324 e. The minimum absolute atomic E-state index is 0.0713. The van der Waals surface area contributed by atoms with E-state index in [1.54, 1.807) is 12.1 Å². The first-order valence-electron chi connectivity index (χ1n) is 10.9. The predicted molar refractivity (Wildman–Crippen MR) is 117 cm³/mol. The molecule has 160 valence electrons. The molecule has 3 atom stereocenters. The highest BCUT2D eigenvalue weighted by Crippen LogP contribution is 2.41. The summed E-state index contributed by atoms with van der Waals surface area (Å²) >= 11 is 0. The number of nitrogens with zero attached hydrogens (tertiary/aromatic N) is 3. The van der Waals surface area contributed by atoms with Gasteiger partial charge in [0.2, 0.25) is 11.9 Å². The van der Waals surface area contributed by atoms with E-state index in [1.807, 2.05) is 33.7 Å². The molecule has 1 saturated carbocycles. The standard InChI is InChI=1S/C24H25FN4O2/c1-15-8-2-6-12-19(15)29-23(31)21(14-22(30)26-17-10-4-3-9-16(17)25)28-20-13-7-5-11-18(20)27-24(28)29/h3-5,7,9-11,13,15,19,21H,2,6,8,12,14H2,1H3,(H,26,30)/t15-,19+,21+/m0/s1. The summed E-state index contributed by atoms with van der Waals surface area (Å²) in [6, 6.07) is 13.1. The number of nitrogens with one attached hydrogen (secondary N) is 1. The molecule has 2 amide bonds. The van der Waals surface area contributed by atoms with Gasteiger partial charge >= 0.3 is 0 Å². The fourth-order valence-corrected chi connectivity index (χ4v) is 4.99. The molecule has 1 N–H and O–H groups in total. The third kappa shape index (κ3) is 3.38. The Morgan fingerprint density at radius 3 is 2.68 bits per heavy atom. The van der Waals surface area contributed by atoms with Crippen LogP contribution >= 0.6 is 0 Å². The lowest BCUT2D eigenvalue weighted by Crippen LogP contribution is -2.44. The summed E-state index contributed by atoms with van der Waals surface area (Å²) in [4.78, 5) is 33.0. The average Bonchev–Trinajstić information content (AvgIpc) is 3.25. The molecule has 0 bridgehead atoms. The van der Waals surface area contributed by atoms with Gasteiger partial charge in [-0.2, -0.15) is 0 Å². The van der Waals surface area contributed by atoms with Crippen LogP contribution in [-0.4, -0.2) is 27.4 Å². The van der Waals surface area contributed by atoms with Gasteiger partial charge in [0, 0.05) is 6.04 Å². The van der Waals surface area contributed by atoms with Crippen LogP contribution in [0.25, 0.3) is 11.0 Å². The van der Waals surface area contributed by atoms with E-state index in [2.05, 4.69) is 12.2 Å². The summed E-state index contributed by atoms with van der Waals surface area (Å²) in [6.07, 6.45) is 4.19. The Morgan fingerprint density at radius 1 is 1.13 bits per heavy atom. The number of hydrogen-bond acceptors (Lipinski definition) is 3. The third-order valence-corrected chi connectivity index (χ3v) is 6.55. The van der Waals surface area contributed by atoms with Crippen molar-refractivity contribution in [1.82, 2.24) is 9.55 Å². The molecule has 2 aliphatic rings. The molecule has 0 radical (unpaired) electrons. The Labute approximate surface area is 180 Å². The number of carbonyl (C=O) groups is 2. The first-order valence-corrected chi connectivity index (χ1v) is 10.9. The summed E-state index contributed by atoms with van der Waals surface area (Å²) < 4.78 is 15.9. The maximum atomic E-state index is 14.0. The van der Waals surface area contributed by atoms with Gasteiger partial charge in [-0.25, -0.2) is 9.37 Å². The summed E-state index contributed by atoms with van der Waals surface area (Å²) in [6.45, 7) is 2.18. The maximum Gasteiger partial charge on any atom is 0.253 e. The van der Waals surface area contributed by atoms with Gasteiger partial charge in [-0.3, -0.25) is 19.1 Å². The van der Waals surface area contributed by atoms with Gasteiger partial charge in [0.05, 0.1) is 23.1 Å². The Hall–Kier alpha value is -3.22. The molecule has 1 aromatic heterocycles. The molecule has 1 fully saturated rings. The molecule has 0 spiro atoms. The van der Waals surface area contributed by atoms with Crippen molar-refractivity contribution in [1.29, 1.82) is 0 Å². The quantitative estimate of drug-likeness (QED) is 0.667. The molecule has 0 saturated heterocycles. The molecule has 2 aromatic carbocycles. The van der Waals surface area contributed by atoms with Crippen molar-refractivity contribution in [2.24, 2.45) is 5.92 Å². The number of hydrogen-bond donors (Lipinski definition) is 1. The average molecular weight is 420 g/mol. The van der Waals surface area contributed by atoms with E-state index < -0.39 is 17.8 Å². The summed E-state index contributed by atoms with van der Waals surface area (Å²) in [5.74, 6) is -0.00738. The molecule has 7 heteroatoms. The molecule has 3 aromatic rings. The Balaban J connectivity index is 1.50. The predicted octanol–water partition coefficient (Wildman–Crippen LogP) is 4.67. The maximum absolute atomic E-state index is 14.0. The molecule has 5 rings (SSSR count). The molecular weight excluding hydrogens is 395 g/mol. The van der Waals surface area contributed by atoms with Crippen molar-refractivity contribution < 1.29 is 14.0 Å². The van der Waals surface area contributed by atoms with Crippen LogP contribution in [-0.2, 0) is 9.59 Å². The third-order valence-electron chi connectivity index (χ3n) is 6.55. The lowest BCUT2D eigenvalue weighted by atomic mass is 9.85. The molecule has 1 aliphatic heterocycles. The number of amides is 2. The summed E-state index contributed by atoms with van der Waals surface area (Å²) in [5.41, 5.74) is 1.75. The molecular formula is C24H25FN4O2. The highest BCUT2D eigenvalue weighted by Gasteiger charge is 2.45. The van der Waals surface area contributed by atoms with Crippen LogP contribution in [0.1, 0.15) is 45.1 Å². The molecule has 0 unspecified atom stereocenters. The number of aromatic nitrogens is 2. The van der Waals surface area contributed by atoms with E-state index in [-0.39, 0.29) is 24.1 Å². The van der Waals surface area contributed by atoms with E-state index in [1.165, 1.54) is 18.6 Å². The smallest absolute Gasteiger partial charge is 0.253 e. The highest BCUT2D eigenvalue weighted by molar-refractivity contribution is 6.05. The fourth-order valence-electron chi connectivity index (χ4n) is 4.99. The number of imidazole rings is 1. The Bertz CT molecular complexity index is 1160. The zero-order valence-corrected chi connectivity index (χ0v) is 17.4. The van der Waals surface area contributed by atoms with Gasteiger partial charge in [0.25, 0.3) is 5.91 Å². The zero-order valence-electron chi connectivity index (χ0n) is 17.4. The van der Waals surface area contributed by atoms with Gasteiger partial charge in [0.1, 0.15) is 11.9 Å².